The smallest absolute Gasteiger partial charge is 0.289 e. The van der Waals surface area contributed by atoms with Crippen LogP contribution in [0.15, 0.2) is 41.1 Å². The van der Waals surface area contributed by atoms with Gasteiger partial charge < -0.3 is 23.9 Å². The van der Waals surface area contributed by atoms with Crippen LogP contribution in [0.4, 0.5) is 0 Å². The molecule has 0 atom stereocenters. The second-order valence-corrected chi connectivity index (χ2v) is 6.90. The molecule has 2 saturated heterocycles. The topological polar surface area (TPSA) is 96.2 Å². The van der Waals surface area contributed by atoms with Gasteiger partial charge in [0, 0.05) is 51.0 Å². The molecule has 2 fully saturated rings. The predicted octanol–water partition coefficient (Wildman–Crippen LogP) is 0.745. The number of pyridine rings is 1. The molecule has 0 aliphatic carbocycles. The van der Waals surface area contributed by atoms with E-state index in [-0.39, 0.29) is 23.4 Å². The van der Waals surface area contributed by atoms with Gasteiger partial charge in [-0.05, 0) is 24.3 Å². The molecule has 2 aliphatic rings. The Balaban J connectivity index is 1.39. The fourth-order valence-corrected chi connectivity index (χ4v) is 3.46. The summed E-state index contributed by atoms with van der Waals surface area (Å²) in [5, 5.41) is 0. The number of nitrogens with zero attached hydrogens (tertiary/aromatic N) is 4. The van der Waals surface area contributed by atoms with Crippen molar-refractivity contribution in [2.75, 3.05) is 52.5 Å². The maximum Gasteiger partial charge on any atom is 0.289 e. The summed E-state index contributed by atoms with van der Waals surface area (Å²) in [5.74, 6) is -0.250. The van der Waals surface area contributed by atoms with Gasteiger partial charge in [0.05, 0.1) is 19.5 Å². The summed E-state index contributed by atoms with van der Waals surface area (Å²) in [4.78, 5) is 47.0. The molecule has 2 aromatic rings. The van der Waals surface area contributed by atoms with Gasteiger partial charge >= 0.3 is 0 Å². The SMILES string of the molecule is O=C(c1ccnc(C(=O)N2CCOCC2)c1)N1CCN(C(=O)c2ccco2)CC1. The zero-order valence-corrected chi connectivity index (χ0v) is 16.0. The van der Waals surface area contributed by atoms with E-state index in [0.29, 0.717) is 63.8 Å². The Morgan fingerprint density at radius 1 is 0.828 bits per heavy atom. The Morgan fingerprint density at radius 2 is 1.48 bits per heavy atom. The van der Waals surface area contributed by atoms with E-state index < -0.39 is 0 Å². The molecule has 0 aromatic carbocycles. The second kappa shape index (κ2) is 8.44. The largest absolute Gasteiger partial charge is 0.459 e. The van der Waals surface area contributed by atoms with E-state index in [1.54, 1.807) is 39.0 Å². The maximum atomic E-state index is 12.9. The fraction of sp³-hybridized carbons (Fsp3) is 0.400. The second-order valence-electron chi connectivity index (χ2n) is 6.90. The maximum absolute atomic E-state index is 12.9. The molecule has 2 aromatic heterocycles. The third kappa shape index (κ3) is 4.14. The van der Waals surface area contributed by atoms with E-state index in [1.165, 1.54) is 12.5 Å². The first-order chi connectivity index (χ1) is 14.1. The Kier molecular flexibility index (Phi) is 5.57. The third-order valence-electron chi connectivity index (χ3n) is 5.11. The van der Waals surface area contributed by atoms with Crippen LogP contribution in [0.1, 0.15) is 31.4 Å². The number of morpholine rings is 1. The number of amides is 3. The molecule has 0 spiro atoms. The van der Waals surface area contributed by atoms with Crippen LogP contribution in [0.25, 0.3) is 0 Å². The highest BCUT2D eigenvalue weighted by Gasteiger charge is 2.27. The molecule has 9 nitrogen and oxygen atoms in total. The summed E-state index contributed by atoms with van der Waals surface area (Å²) in [6.07, 6.45) is 2.95. The first kappa shape index (κ1) is 19.1. The number of carbonyl (C=O) groups is 3. The van der Waals surface area contributed by atoms with Gasteiger partial charge in [0.25, 0.3) is 17.7 Å². The molecule has 0 N–H and O–H groups in total. The van der Waals surface area contributed by atoms with Crippen LogP contribution in [0.2, 0.25) is 0 Å². The van der Waals surface area contributed by atoms with Gasteiger partial charge in [0.15, 0.2) is 5.76 Å². The number of carbonyl (C=O) groups excluding carboxylic acids is 3. The van der Waals surface area contributed by atoms with E-state index in [9.17, 15) is 14.4 Å². The highest BCUT2D eigenvalue weighted by molar-refractivity contribution is 5.98. The molecule has 0 unspecified atom stereocenters. The number of ether oxygens (including phenoxy) is 1. The molecule has 9 heteroatoms. The summed E-state index contributed by atoms with van der Waals surface area (Å²) >= 11 is 0. The van der Waals surface area contributed by atoms with Gasteiger partial charge in [0.1, 0.15) is 5.69 Å². The van der Waals surface area contributed by atoms with Crippen molar-refractivity contribution in [1.29, 1.82) is 0 Å². The third-order valence-corrected chi connectivity index (χ3v) is 5.11. The standard InChI is InChI=1S/C20H22N4O5/c25-18(22-5-7-23(8-6-22)20(27)17-2-1-11-29-17)15-3-4-21-16(14-15)19(26)24-9-12-28-13-10-24/h1-4,11,14H,5-10,12-13H2. The van der Waals surface area contributed by atoms with Crippen LogP contribution in [-0.4, -0.2) is 89.9 Å². The lowest BCUT2D eigenvalue weighted by atomic mass is 10.1. The van der Waals surface area contributed by atoms with Crippen LogP contribution < -0.4 is 0 Å². The molecular weight excluding hydrogens is 376 g/mol. The quantitative estimate of drug-likeness (QED) is 0.757. The zero-order valence-electron chi connectivity index (χ0n) is 16.0. The molecule has 29 heavy (non-hydrogen) atoms. The lowest BCUT2D eigenvalue weighted by Crippen LogP contribution is -2.50. The van der Waals surface area contributed by atoms with E-state index in [4.69, 9.17) is 9.15 Å². The fourth-order valence-electron chi connectivity index (χ4n) is 3.46. The summed E-state index contributed by atoms with van der Waals surface area (Å²) < 4.78 is 10.4. The lowest BCUT2D eigenvalue weighted by Gasteiger charge is -2.34. The Morgan fingerprint density at radius 3 is 2.14 bits per heavy atom. The molecular formula is C20H22N4O5. The van der Waals surface area contributed by atoms with Crippen LogP contribution in [0.3, 0.4) is 0 Å². The summed E-state index contributed by atoms with van der Waals surface area (Å²) in [5.41, 5.74) is 0.673. The molecule has 0 radical (unpaired) electrons. The van der Waals surface area contributed by atoms with Crippen molar-refractivity contribution in [3.05, 3.63) is 53.7 Å². The van der Waals surface area contributed by atoms with Gasteiger partial charge in [-0.2, -0.15) is 0 Å². The minimum Gasteiger partial charge on any atom is -0.459 e. The van der Waals surface area contributed by atoms with E-state index >= 15 is 0 Å². The molecule has 4 heterocycles. The van der Waals surface area contributed by atoms with Gasteiger partial charge in [0.2, 0.25) is 0 Å². The minimum absolute atomic E-state index is 0.173. The first-order valence-electron chi connectivity index (χ1n) is 9.58. The highest BCUT2D eigenvalue weighted by atomic mass is 16.5. The Bertz CT molecular complexity index is 884. The van der Waals surface area contributed by atoms with Gasteiger partial charge in [-0.3, -0.25) is 19.4 Å². The number of hydrogen-bond acceptors (Lipinski definition) is 6. The molecule has 0 saturated carbocycles. The number of furan rings is 1. The van der Waals surface area contributed by atoms with E-state index in [1.807, 2.05) is 0 Å². The zero-order chi connectivity index (χ0) is 20.2. The molecule has 0 bridgehead atoms. The van der Waals surface area contributed by atoms with Crippen molar-refractivity contribution in [2.45, 2.75) is 0 Å². The van der Waals surface area contributed by atoms with Crippen molar-refractivity contribution in [2.24, 2.45) is 0 Å². The molecule has 152 valence electrons. The number of piperazine rings is 1. The van der Waals surface area contributed by atoms with Crippen molar-refractivity contribution < 1.29 is 23.5 Å². The number of rotatable bonds is 3. The van der Waals surface area contributed by atoms with Crippen molar-refractivity contribution in [3.63, 3.8) is 0 Å². The number of aromatic nitrogens is 1. The highest BCUT2D eigenvalue weighted by Crippen LogP contribution is 2.14. The normalized spacial score (nSPS) is 17.3. The van der Waals surface area contributed by atoms with Gasteiger partial charge in [-0.25, -0.2) is 0 Å². The van der Waals surface area contributed by atoms with E-state index in [2.05, 4.69) is 4.98 Å². The minimum atomic E-state index is -0.197. The molecule has 3 amide bonds. The Hall–Kier alpha value is -3.20. The lowest BCUT2D eigenvalue weighted by molar-refractivity contribution is 0.0299. The summed E-state index contributed by atoms with van der Waals surface area (Å²) in [7, 11) is 0. The van der Waals surface area contributed by atoms with Crippen LogP contribution in [0, 0.1) is 0 Å². The average molecular weight is 398 g/mol. The first-order valence-corrected chi connectivity index (χ1v) is 9.58. The summed E-state index contributed by atoms with van der Waals surface area (Å²) in [6.45, 7) is 3.73. The van der Waals surface area contributed by atoms with Crippen LogP contribution >= 0.6 is 0 Å². The molecule has 4 rings (SSSR count). The van der Waals surface area contributed by atoms with Crippen molar-refractivity contribution in [1.82, 2.24) is 19.7 Å². The molecule has 2 aliphatic heterocycles. The van der Waals surface area contributed by atoms with Gasteiger partial charge in [-0.1, -0.05) is 0 Å². The van der Waals surface area contributed by atoms with Crippen molar-refractivity contribution in [3.8, 4) is 0 Å². The monoisotopic (exact) mass is 398 g/mol. The van der Waals surface area contributed by atoms with Crippen molar-refractivity contribution >= 4 is 17.7 Å². The predicted molar refractivity (Wildman–Crippen MR) is 101 cm³/mol. The number of hydrogen-bond donors (Lipinski definition) is 0. The van der Waals surface area contributed by atoms with Crippen LogP contribution in [0.5, 0.6) is 0 Å². The summed E-state index contributed by atoms with van der Waals surface area (Å²) in [6, 6.07) is 6.45. The Labute approximate surface area is 167 Å². The van der Waals surface area contributed by atoms with Gasteiger partial charge in [-0.15, -0.1) is 0 Å². The average Bonchev–Trinajstić information content (AvgIpc) is 3.33. The van der Waals surface area contributed by atoms with E-state index in [0.717, 1.165) is 0 Å². The van der Waals surface area contributed by atoms with Crippen LogP contribution in [-0.2, 0) is 4.74 Å².